The van der Waals surface area contributed by atoms with E-state index in [0.29, 0.717) is 17.8 Å². The SMILES string of the molecule is CCOC(=O)/C(=N\OC)[C@@H]1CC(=O)O[C@H]1O[C@@H]1C[C@H](C)CC[C@H]1C(C)C. The highest BCUT2D eigenvalue weighted by molar-refractivity contribution is 6.37. The van der Waals surface area contributed by atoms with Gasteiger partial charge in [-0.25, -0.2) is 4.79 Å². The fourth-order valence-electron chi connectivity index (χ4n) is 3.89. The lowest BCUT2D eigenvalue weighted by atomic mass is 9.75. The lowest BCUT2D eigenvalue weighted by molar-refractivity contribution is -0.191. The number of cyclic esters (lactones) is 1. The standard InChI is InChI=1S/C19H31NO6/c1-6-24-18(22)17(20-23-5)14-10-16(21)26-19(14)25-15-9-12(4)7-8-13(15)11(2)3/h11-15,19H,6-10H2,1-5H3/b20-17-/t12-,13+,14+,15-,19-/m1/s1. The first-order valence-corrected chi connectivity index (χ1v) is 9.50. The predicted molar refractivity (Wildman–Crippen MR) is 95.3 cm³/mol. The highest BCUT2D eigenvalue weighted by Gasteiger charge is 2.45. The van der Waals surface area contributed by atoms with Crippen LogP contribution in [-0.2, 0) is 28.6 Å². The van der Waals surface area contributed by atoms with E-state index in [9.17, 15) is 9.59 Å². The van der Waals surface area contributed by atoms with Crippen molar-refractivity contribution in [2.24, 2.45) is 28.8 Å². The summed E-state index contributed by atoms with van der Waals surface area (Å²) in [5, 5.41) is 3.80. The van der Waals surface area contributed by atoms with E-state index in [4.69, 9.17) is 19.0 Å². The number of esters is 2. The first-order valence-electron chi connectivity index (χ1n) is 9.50. The molecule has 2 aliphatic rings. The van der Waals surface area contributed by atoms with Crippen molar-refractivity contribution in [2.45, 2.75) is 65.8 Å². The molecule has 0 N–H and O–H groups in total. The van der Waals surface area contributed by atoms with Crippen molar-refractivity contribution in [3.8, 4) is 0 Å². The second kappa shape index (κ2) is 9.35. The fraction of sp³-hybridized carbons (Fsp3) is 0.842. The van der Waals surface area contributed by atoms with Crippen LogP contribution in [0.2, 0.25) is 0 Å². The minimum atomic E-state index is -0.836. The van der Waals surface area contributed by atoms with Gasteiger partial charge in [0.15, 0.2) is 5.71 Å². The number of carbonyl (C=O) groups excluding carboxylic acids is 2. The van der Waals surface area contributed by atoms with Crippen molar-refractivity contribution >= 4 is 17.7 Å². The highest BCUT2D eigenvalue weighted by Crippen LogP contribution is 2.38. The number of rotatable bonds is 7. The molecule has 1 saturated carbocycles. The molecule has 148 valence electrons. The smallest absolute Gasteiger partial charge is 0.356 e. The van der Waals surface area contributed by atoms with Crippen LogP contribution in [0, 0.1) is 23.7 Å². The van der Waals surface area contributed by atoms with Crippen LogP contribution in [0.5, 0.6) is 0 Å². The van der Waals surface area contributed by atoms with Gasteiger partial charge in [0.2, 0.25) is 6.29 Å². The van der Waals surface area contributed by atoms with Crippen LogP contribution in [0.25, 0.3) is 0 Å². The summed E-state index contributed by atoms with van der Waals surface area (Å²) in [7, 11) is 1.35. The predicted octanol–water partition coefficient (Wildman–Crippen LogP) is 2.92. The third-order valence-electron chi connectivity index (χ3n) is 5.26. The molecule has 0 amide bonds. The van der Waals surface area contributed by atoms with Gasteiger partial charge < -0.3 is 19.0 Å². The number of carbonyl (C=O) groups is 2. The fourth-order valence-corrected chi connectivity index (χ4v) is 3.89. The molecule has 0 unspecified atom stereocenters. The molecule has 0 bridgehead atoms. The quantitative estimate of drug-likeness (QED) is 0.390. The molecule has 1 saturated heterocycles. The topological polar surface area (TPSA) is 83.4 Å². The number of oxime groups is 1. The van der Waals surface area contributed by atoms with Crippen LogP contribution >= 0.6 is 0 Å². The van der Waals surface area contributed by atoms with E-state index < -0.39 is 24.1 Å². The van der Waals surface area contributed by atoms with E-state index in [1.165, 1.54) is 13.5 Å². The maximum absolute atomic E-state index is 12.2. The Balaban J connectivity index is 2.18. The zero-order chi connectivity index (χ0) is 19.3. The lowest BCUT2D eigenvalue weighted by Crippen LogP contribution is -2.41. The lowest BCUT2D eigenvalue weighted by Gasteiger charge is -2.38. The van der Waals surface area contributed by atoms with Gasteiger partial charge in [0.1, 0.15) is 7.11 Å². The van der Waals surface area contributed by atoms with Crippen LogP contribution in [0.3, 0.4) is 0 Å². The van der Waals surface area contributed by atoms with Gasteiger partial charge in [0, 0.05) is 0 Å². The molecule has 0 aromatic rings. The van der Waals surface area contributed by atoms with Gasteiger partial charge in [-0.3, -0.25) is 4.79 Å². The Morgan fingerprint density at radius 3 is 2.69 bits per heavy atom. The van der Waals surface area contributed by atoms with Crippen molar-refractivity contribution in [1.82, 2.24) is 0 Å². The average molecular weight is 369 g/mol. The number of nitrogens with zero attached hydrogens (tertiary/aromatic N) is 1. The van der Waals surface area contributed by atoms with Crippen LogP contribution in [0.15, 0.2) is 5.16 Å². The van der Waals surface area contributed by atoms with Gasteiger partial charge in [-0.15, -0.1) is 0 Å². The van der Waals surface area contributed by atoms with Gasteiger partial charge in [-0.1, -0.05) is 32.3 Å². The molecule has 1 heterocycles. The molecule has 7 nitrogen and oxygen atoms in total. The minimum Gasteiger partial charge on any atom is -0.461 e. The maximum atomic E-state index is 12.2. The first kappa shape index (κ1) is 20.7. The zero-order valence-corrected chi connectivity index (χ0v) is 16.4. The monoisotopic (exact) mass is 369 g/mol. The van der Waals surface area contributed by atoms with Crippen molar-refractivity contribution in [3.05, 3.63) is 0 Å². The van der Waals surface area contributed by atoms with Crippen molar-refractivity contribution in [3.63, 3.8) is 0 Å². The summed E-state index contributed by atoms with van der Waals surface area (Å²) in [6.45, 7) is 8.51. The Labute approximate surface area is 155 Å². The van der Waals surface area contributed by atoms with Crippen molar-refractivity contribution in [1.29, 1.82) is 0 Å². The number of hydrogen-bond acceptors (Lipinski definition) is 7. The molecule has 5 atom stereocenters. The molecule has 0 aromatic carbocycles. The van der Waals surface area contributed by atoms with Gasteiger partial charge in [-0.2, -0.15) is 0 Å². The molecule has 26 heavy (non-hydrogen) atoms. The second-order valence-electron chi connectivity index (χ2n) is 7.55. The number of hydrogen-bond donors (Lipinski definition) is 0. The highest BCUT2D eigenvalue weighted by atomic mass is 16.7. The Bertz CT molecular complexity index is 532. The molecule has 2 fully saturated rings. The van der Waals surface area contributed by atoms with E-state index in [-0.39, 0.29) is 24.8 Å². The van der Waals surface area contributed by atoms with Gasteiger partial charge in [0.05, 0.1) is 25.0 Å². The molecule has 1 aliphatic carbocycles. The Hall–Kier alpha value is -1.63. The second-order valence-corrected chi connectivity index (χ2v) is 7.55. The van der Waals surface area contributed by atoms with E-state index in [1.54, 1.807) is 6.92 Å². The largest absolute Gasteiger partial charge is 0.461 e. The van der Waals surface area contributed by atoms with Crippen molar-refractivity contribution in [2.75, 3.05) is 13.7 Å². The summed E-state index contributed by atoms with van der Waals surface area (Å²) in [5.74, 6) is -0.201. The maximum Gasteiger partial charge on any atom is 0.356 e. The molecule has 0 aromatic heterocycles. The normalized spacial score (nSPS) is 32.5. The Morgan fingerprint density at radius 1 is 1.35 bits per heavy atom. The molecule has 2 rings (SSSR count). The van der Waals surface area contributed by atoms with E-state index >= 15 is 0 Å². The Morgan fingerprint density at radius 2 is 2.08 bits per heavy atom. The van der Waals surface area contributed by atoms with Crippen LogP contribution in [0.1, 0.15) is 53.4 Å². The van der Waals surface area contributed by atoms with Crippen molar-refractivity contribution < 1.29 is 28.6 Å². The molecule has 1 aliphatic heterocycles. The molecule has 7 heteroatoms. The van der Waals surface area contributed by atoms with E-state index in [1.807, 2.05) is 0 Å². The zero-order valence-electron chi connectivity index (χ0n) is 16.4. The molecule has 0 radical (unpaired) electrons. The van der Waals surface area contributed by atoms with Gasteiger partial charge in [-0.05, 0) is 37.5 Å². The van der Waals surface area contributed by atoms with Crippen LogP contribution in [0.4, 0.5) is 0 Å². The summed E-state index contributed by atoms with van der Waals surface area (Å²) in [4.78, 5) is 29.0. The summed E-state index contributed by atoms with van der Waals surface area (Å²) in [6.07, 6.45) is 2.36. The van der Waals surface area contributed by atoms with E-state index in [2.05, 4.69) is 25.9 Å². The summed E-state index contributed by atoms with van der Waals surface area (Å²) < 4.78 is 16.7. The number of ether oxygens (including phenoxy) is 3. The summed E-state index contributed by atoms with van der Waals surface area (Å²) >= 11 is 0. The minimum absolute atomic E-state index is 0.0110. The third kappa shape index (κ3) is 4.96. The third-order valence-corrected chi connectivity index (χ3v) is 5.26. The Kier molecular flexibility index (Phi) is 7.43. The van der Waals surface area contributed by atoms with E-state index in [0.717, 1.165) is 12.8 Å². The first-order chi connectivity index (χ1) is 12.4. The summed E-state index contributed by atoms with van der Waals surface area (Å²) in [6, 6.07) is 0. The van der Waals surface area contributed by atoms with Crippen LogP contribution in [-0.4, -0.2) is 43.8 Å². The molecular weight excluding hydrogens is 338 g/mol. The molecule has 0 spiro atoms. The molecular formula is C19H31NO6. The van der Waals surface area contributed by atoms with Gasteiger partial charge in [0.25, 0.3) is 0 Å². The average Bonchev–Trinajstić information content (AvgIpc) is 2.92. The summed E-state index contributed by atoms with van der Waals surface area (Å²) in [5.41, 5.74) is 0.0372. The van der Waals surface area contributed by atoms with Crippen LogP contribution < -0.4 is 0 Å². The van der Waals surface area contributed by atoms with Gasteiger partial charge >= 0.3 is 11.9 Å².